The molecular weight excluding hydrogens is 279 g/mol. The summed E-state index contributed by atoms with van der Waals surface area (Å²) >= 11 is 0. The number of carboxylic acids is 1. The monoisotopic (exact) mass is 298 g/mol. The van der Waals surface area contributed by atoms with Crippen LogP contribution in [0.4, 0.5) is 0 Å². The second-order valence-corrected chi connectivity index (χ2v) is 6.03. The summed E-state index contributed by atoms with van der Waals surface area (Å²) < 4.78 is 22.9. The summed E-state index contributed by atoms with van der Waals surface area (Å²) in [7, 11) is -3.33. The Kier molecular flexibility index (Phi) is 6.65. The third-order valence-electron chi connectivity index (χ3n) is 2.46. The lowest BCUT2D eigenvalue weighted by Crippen LogP contribution is -2.04. The lowest BCUT2D eigenvalue weighted by Gasteiger charge is -2.18. The zero-order valence-corrected chi connectivity index (χ0v) is 12.5. The van der Waals surface area contributed by atoms with Crippen LogP contribution in [-0.4, -0.2) is 30.5 Å². The van der Waals surface area contributed by atoms with Crippen LogP contribution in [0.25, 0.3) is 5.57 Å². The van der Waals surface area contributed by atoms with Gasteiger partial charge in [0.05, 0.1) is 19.4 Å². The van der Waals surface area contributed by atoms with Gasteiger partial charge < -0.3 is 14.2 Å². The van der Waals surface area contributed by atoms with Gasteiger partial charge in [0.25, 0.3) is 0 Å². The molecule has 0 aliphatic carbocycles. The molecule has 1 N–H and O–H groups in total. The zero-order chi connectivity index (χ0) is 15.0. The first kappa shape index (κ1) is 16.6. The number of carboxylic acid groups (broad SMARTS) is 1. The molecule has 20 heavy (non-hydrogen) atoms. The molecule has 0 saturated carbocycles. The molecular formula is C14H19O5P. The molecule has 1 aromatic rings. The maximum atomic E-state index is 12.5. The normalized spacial score (nSPS) is 12.4. The van der Waals surface area contributed by atoms with Gasteiger partial charge in [0, 0.05) is 6.08 Å². The van der Waals surface area contributed by atoms with Gasteiger partial charge in [0.1, 0.15) is 0 Å². The summed E-state index contributed by atoms with van der Waals surface area (Å²) in [5, 5.41) is 8.95. The van der Waals surface area contributed by atoms with Crippen molar-refractivity contribution in [1.29, 1.82) is 0 Å². The molecule has 0 aliphatic rings. The molecule has 0 heterocycles. The van der Waals surface area contributed by atoms with Crippen LogP contribution in [-0.2, 0) is 18.4 Å². The topological polar surface area (TPSA) is 72.8 Å². The van der Waals surface area contributed by atoms with Gasteiger partial charge in [-0.3, -0.25) is 4.57 Å². The zero-order valence-electron chi connectivity index (χ0n) is 11.6. The Morgan fingerprint density at radius 3 is 2.20 bits per heavy atom. The average Bonchev–Trinajstić information content (AvgIpc) is 2.39. The highest BCUT2D eigenvalue weighted by molar-refractivity contribution is 7.54. The van der Waals surface area contributed by atoms with Gasteiger partial charge in [-0.15, -0.1) is 0 Å². The highest BCUT2D eigenvalue weighted by Crippen LogP contribution is 2.50. The first-order valence-electron chi connectivity index (χ1n) is 6.37. The fourth-order valence-corrected chi connectivity index (χ4v) is 3.49. The molecule has 0 bridgehead atoms. The lowest BCUT2D eigenvalue weighted by molar-refractivity contribution is -0.131. The molecule has 0 amide bonds. The van der Waals surface area contributed by atoms with Crippen molar-refractivity contribution in [1.82, 2.24) is 0 Å². The Balaban J connectivity index is 3.07. The third-order valence-corrected chi connectivity index (χ3v) is 4.49. The van der Waals surface area contributed by atoms with Crippen molar-refractivity contribution in [2.45, 2.75) is 13.8 Å². The number of rotatable bonds is 8. The number of carbonyl (C=O) groups is 1. The van der Waals surface area contributed by atoms with Gasteiger partial charge in [-0.2, -0.15) is 0 Å². The Bertz CT molecular complexity index is 500. The minimum atomic E-state index is -3.33. The van der Waals surface area contributed by atoms with Crippen LogP contribution < -0.4 is 0 Å². The predicted molar refractivity (Wildman–Crippen MR) is 77.8 cm³/mol. The van der Waals surface area contributed by atoms with Crippen LogP contribution >= 0.6 is 7.60 Å². The number of hydrogen-bond acceptors (Lipinski definition) is 4. The molecule has 6 heteroatoms. The van der Waals surface area contributed by atoms with Crippen LogP contribution in [0.15, 0.2) is 36.4 Å². The van der Waals surface area contributed by atoms with Crippen LogP contribution in [0.5, 0.6) is 0 Å². The van der Waals surface area contributed by atoms with Crippen molar-refractivity contribution in [3.8, 4) is 0 Å². The molecule has 0 unspecified atom stereocenters. The molecule has 0 atom stereocenters. The molecule has 0 saturated heterocycles. The summed E-state index contributed by atoms with van der Waals surface area (Å²) in [6.07, 6.45) is 0.977. The largest absolute Gasteiger partial charge is 0.478 e. The van der Waals surface area contributed by atoms with E-state index >= 15 is 0 Å². The van der Waals surface area contributed by atoms with Crippen LogP contribution in [0.3, 0.4) is 0 Å². The molecule has 5 nitrogen and oxygen atoms in total. The fraction of sp³-hybridized carbons (Fsp3) is 0.357. The van der Waals surface area contributed by atoms with Crippen molar-refractivity contribution in [3.05, 3.63) is 42.0 Å². The van der Waals surface area contributed by atoms with Crippen molar-refractivity contribution >= 4 is 19.1 Å². The molecule has 1 rings (SSSR count). The van der Waals surface area contributed by atoms with E-state index in [1.165, 1.54) is 0 Å². The summed E-state index contributed by atoms with van der Waals surface area (Å²) in [5.41, 5.74) is 1.11. The minimum Gasteiger partial charge on any atom is -0.478 e. The highest BCUT2D eigenvalue weighted by atomic mass is 31.2. The number of allylic oxidation sites excluding steroid dienone is 1. The molecule has 0 spiro atoms. The van der Waals surface area contributed by atoms with Crippen molar-refractivity contribution in [3.63, 3.8) is 0 Å². The minimum absolute atomic E-state index is 0.0645. The Morgan fingerprint density at radius 1 is 1.20 bits per heavy atom. The lowest BCUT2D eigenvalue weighted by atomic mass is 10.1. The fourth-order valence-electron chi connectivity index (χ4n) is 1.75. The second-order valence-electron chi connectivity index (χ2n) is 3.98. The SMILES string of the molecule is CCOP(=O)(CC(=CC(=O)O)c1ccccc1)OCC. The third kappa shape index (κ3) is 5.29. The van der Waals surface area contributed by atoms with E-state index in [-0.39, 0.29) is 19.4 Å². The Labute approximate surface area is 118 Å². The Morgan fingerprint density at radius 2 is 1.75 bits per heavy atom. The van der Waals surface area contributed by atoms with Crippen molar-refractivity contribution < 1.29 is 23.5 Å². The summed E-state index contributed by atoms with van der Waals surface area (Å²) in [6.45, 7) is 3.92. The van der Waals surface area contributed by atoms with Gasteiger partial charge in [0.15, 0.2) is 0 Å². The van der Waals surface area contributed by atoms with E-state index in [9.17, 15) is 9.36 Å². The first-order chi connectivity index (χ1) is 9.50. The van der Waals surface area contributed by atoms with Gasteiger partial charge in [0.2, 0.25) is 0 Å². The predicted octanol–water partition coefficient (Wildman–Crippen LogP) is 3.42. The smallest absolute Gasteiger partial charge is 0.335 e. The Hall–Kier alpha value is -1.42. The van der Waals surface area contributed by atoms with E-state index in [0.29, 0.717) is 11.1 Å². The van der Waals surface area contributed by atoms with Gasteiger partial charge in [-0.1, -0.05) is 30.3 Å². The second kappa shape index (κ2) is 8.00. The molecule has 0 aliphatic heterocycles. The summed E-state index contributed by atoms with van der Waals surface area (Å²) in [4.78, 5) is 10.9. The maximum Gasteiger partial charge on any atom is 0.335 e. The summed E-state index contributed by atoms with van der Waals surface area (Å²) in [6, 6.07) is 8.93. The van der Waals surface area contributed by atoms with Crippen LogP contribution in [0.2, 0.25) is 0 Å². The quantitative estimate of drug-likeness (QED) is 0.588. The first-order valence-corrected chi connectivity index (χ1v) is 8.10. The number of aliphatic carboxylic acids is 1. The van der Waals surface area contributed by atoms with E-state index in [4.69, 9.17) is 14.2 Å². The van der Waals surface area contributed by atoms with Gasteiger partial charge in [-0.05, 0) is 25.0 Å². The van der Waals surface area contributed by atoms with Crippen LogP contribution in [0, 0.1) is 0 Å². The van der Waals surface area contributed by atoms with Gasteiger partial charge >= 0.3 is 13.6 Å². The molecule has 1 aromatic carbocycles. The molecule has 0 radical (unpaired) electrons. The number of benzene rings is 1. The standard InChI is InChI=1S/C14H19O5P/c1-3-18-20(17,19-4-2)11-13(10-14(15)16)12-8-6-5-7-9-12/h5-10H,3-4,11H2,1-2H3,(H,15,16). The summed E-state index contributed by atoms with van der Waals surface area (Å²) in [5.74, 6) is -1.09. The molecule has 0 fully saturated rings. The van der Waals surface area contributed by atoms with E-state index in [1.807, 2.05) is 6.07 Å². The van der Waals surface area contributed by atoms with E-state index in [2.05, 4.69) is 0 Å². The molecule has 110 valence electrons. The van der Waals surface area contributed by atoms with E-state index < -0.39 is 13.6 Å². The average molecular weight is 298 g/mol. The van der Waals surface area contributed by atoms with E-state index in [0.717, 1.165) is 6.08 Å². The van der Waals surface area contributed by atoms with Crippen LogP contribution in [0.1, 0.15) is 19.4 Å². The highest BCUT2D eigenvalue weighted by Gasteiger charge is 2.26. The number of hydrogen-bond donors (Lipinski definition) is 1. The van der Waals surface area contributed by atoms with Crippen molar-refractivity contribution in [2.24, 2.45) is 0 Å². The van der Waals surface area contributed by atoms with Crippen molar-refractivity contribution in [2.75, 3.05) is 19.4 Å². The van der Waals surface area contributed by atoms with Gasteiger partial charge in [-0.25, -0.2) is 4.79 Å². The maximum absolute atomic E-state index is 12.5. The van der Waals surface area contributed by atoms with E-state index in [1.54, 1.807) is 38.1 Å². The molecule has 0 aromatic heterocycles.